The first-order valence-corrected chi connectivity index (χ1v) is 11.4. The van der Waals surface area contributed by atoms with Gasteiger partial charge in [0.25, 0.3) is 11.6 Å². The van der Waals surface area contributed by atoms with Crippen LogP contribution < -0.4 is 14.3 Å². The summed E-state index contributed by atoms with van der Waals surface area (Å²) in [6, 6.07) is 9.58. The monoisotopic (exact) mass is 483 g/mol. The number of aromatic nitrogens is 1. The van der Waals surface area contributed by atoms with Crippen molar-refractivity contribution in [2.45, 2.75) is 19.9 Å². The fraction of sp³-hybridized carbons (Fsp3) is 0.261. The minimum Gasteiger partial charge on any atom is -0.486 e. The third-order valence-electron chi connectivity index (χ3n) is 4.90. The molecule has 0 saturated heterocycles. The molecule has 0 atom stereocenters. The standard InChI is InChI=1S/C23H21N3O7S/c1-2-31-22(28)8-9-25-17-13-18-19(33-11-10-32-18)14-20(17)34-23(25)24-21(27)7-6-15-4-3-5-16(12-15)26(29)30/h3-7,12-14H,2,8-11H2,1H3/b7-6+,24-23?. The lowest BCUT2D eigenvalue weighted by Crippen LogP contribution is -2.19. The number of benzene rings is 2. The van der Waals surface area contributed by atoms with Gasteiger partial charge in [0.15, 0.2) is 16.3 Å². The number of aryl methyl sites for hydroxylation is 1. The first-order chi connectivity index (χ1) is 16.4. The van der Waals surface area contributed by atoms with Gasteiger partial charge >= 0.3 is 5.97 Å². The molecule has 0 fully saturated rings. The Morgan fingerprint density at radius 2 is 2.00 bits per heavy atom. The fourth-order valence-corrected chi connectivity index (χ4v) is 4.46. The van der Waals surface area contributed by atoms with E-state index in [9.17, 15) is 19.7 Å². The zero-order valence-electron chi connectivity index (χ0n) is 18.3. The SMILES string of the molecule is CCOC(=O)CCn1c(=NC(=O)/C=C/c2cccc([N+](=O)[O-])c2)sc2cc3c(cc21)OCCO3. The van der Waals surface area contributed by atoms with Gasteiger partial charge in [0, 0.05) is 36.9 Å². The largest absolute Gasteiger partial charge is 0.486 e. The molecule has 34 heavy (non-hydrogen) atoms. The summed E-state index contributed by atoms with van der Waals surface area (Å²) < 4.78 is 18.9. The predicted molar refractivity (Wildman–Crippen MR) is 125 cm³/mol. The van der Waals surface area contributed by atoms with Crippen molar-refractivity contribution in [3.63, 3.8) is 0 Å². The molecule has 4 rings (SSSR count). The third kappa shape index (κ3) is 5.31. The maximum Gasteiger partial charge on any atom is 0.307 e. The predicted octanol–water partition coefficient (Wildman–Crippen LogP) is 3.48. The minimum atomic E-state index is -0.541. The van der Waals surface area contributed by atoms with E-state index in [4.69, 9.17) is 14.2 Å². The maximum absolute atomic E-state index is 12.6. The van der Waals surface area contributed by atoms with Crippen LogP contribution in [0.1, 0.15) is 18.9 Å². The number of nitro groups is 1. The lowest BCUT2D eigenvalue weighted by Gasteiger charge is -2.18. The highest BCUT2D eigenvalue weighted by atomic mass is 32.1. The quantitative estimate of drug-likeness (QED) is 0.218. The Balaban J connectivity index is 1.68. The molecule has 1 aliphatic rings. The molecule has 0 N–H and O–H groups in total. The summed E-state index contributed by atoms with van der Waals surface area (Å²) in [6.07, 6.45) is 2.82. The molecule has 176 valence electrons. The number of carbonyl (C=O) groups excluding carboxylic acids is 2. The second kappa shape index (κ2) is 10.3. The van der Waals surface area contributed by atoms with Crippen molar-refractivity contribution >= 4 is 45.2 Å². The van der Waals surface area contributed by atoms with Crippen LogP contribution in [0.2, 0.25) is 0 Å². The molecule has 10 nitrogen and oxygen atoms in total. The highest BCUT2D eigenvalue weighted by Crippen LogP contribution is 2.35. The van der Waals surface area contributed by atoms with E-state index in [2.05, 4.69) is 4.99 Å². The van der Waals surface area contributed by atoms with Crippen LogP contribution in [0.4, 0.5) is 5.69 Å². The average molecular weight is 484 g/mol. The van der Waals surface area contributed by atoms with Crippen molar-refractivity contribution in [1.29, 1.82) is 0 Å². The molecular formula is C23H21N3O7S. The first-order valence-electron chi connectivity index (χ1n) is 10.5. The molecule has 2 heterocycles. The number of carbonyl (C=O) groups is 2. The van der Waals surface area contributed by atoms with Gasteiger partial charge in [0.2, 0.25) is 0 Å². The van der Waals surface area contributed by atoms with E-state index in [0.717, 1.165) is 10.2 Å². The number of non-ortho nitro benzene ring substituents is 1. The summed E-state index contributed by atoms with van der Waals surface area (Å²) in [5.74, 6) is 0.306. The number of hydrogen-bond acceptors (Lipinski definition) is 8. The zero-order valence-corrected chi connectivity index (χ0v) is 19.1. The van der Waals surface area contributed by atoms with Gasteiger partial charge in [0.05, 0.1) is 28.2 Å². The van der Waals surface area contributed by atoms with Gasteiger partial charge in [0.1, 0.15) is 13.2 Å². The summed E-state index contributed by atoms with van der Waals surface area (Å²) in [6.45, 7) is 3.17. The fourth-order valence-electron chi connectivity index (χ4n) is 3.39. The Bertz CT molecular complexity index is 1360. The Kier molecular flexibility index (Phi) is 7.02. The van der Waals surface area contributed by atoms with Crippen LogP contribution in [0.15, 0.2) is 47.5 Å². The smallest absolute Gasteiger partial charge is 0.307 e. The number of amides is 1. The molecule has 0 bridgehead atoms. The van der Waals surface area contributed by atoms with Crippen LogP contribution >= 0.6 is 11.3 Å². The van der Waals surface area contributed by atoms with Crippen molar-refractivity contribution in [3.05, 3.63) is 63.0 Å². The first kappa shape index (κ1) is 23.2. The van der Waals surface area contributed by atoms with Crippen molar-refractivity contribution in [1.82, 2.24) is 4.57 Å². The third-order valence-corrected chi connectivity index (χ3v) is 5.94. The molecule has 0 spiro atoms. The highest BCUT2D eigenvalue weighted by Gasteiger charge is 2.17. The number of nitrogens with zero attached hydrogens (tertiary/aromatic N) is 3. The van der Waals surface area contributed by atoms with E-state index in [1.807, 2.05) is 12.1 Å². The molecule has 3 aromatic rings. The summed E-state index contributed by atoms with van der Waals surface area (Å²) >= 11 is 1.28. The Labute approximate surface area is 197 Å². The molecule has 0 aliphatic carbocycles. The van der Waals surface area contributed by atoms with Gasteiger partial charge in [-0.15, -0.1) is 0 Å². The molecule has 11 heteroatoms. The van der Waals surface area contributed by atoms with Gasteiger partial charge in [-0.2, -0.15) is 4.99 Å². The van der Waals surface area contributed by atoms with E-state index in [0.29, 0.717) is 35.1 Å². The zero-order chi connectivity index (χ0) is 24.1. The van der Waals surface area contributed by atoms with E-state index < -0.39 is 10.8 Å². The van der Waals surface area contributed by atoms with Crippen molar-refractivity contribution < 1.29 is 28.7 Å². The lowest BCUT2D eigenvalue weighted by molar-refractivity contribution is -0.384. The van der Waals surface area contributed by atoms with Gasteiger partial charge in [-0.05, 0) is 18.6 Å². The minimum absolute atomic E-state index is 0.0683. The molecule has 1 aliphatic heterocycles. The maximum atomic E-state index is 12.6. The normalized spacial score (nSPS) is 13.4. The highest BCUT2D eigenvalue weighted by molar-refractivity contribution is 7.16. The van der Waals surface area contributed by atoms with Crippen LogP contribution in [0.3, 0.4) is 0 Å². The Hall–Kier alpha value is -3.99. The van der Waals surface area contributed by atoms with Crippen LogP contribution in [0.25, 0.3) is 16.3 Å². The van der Waals surface area contributed by atoms with E-state index in [-0.39, 0.29) is 31.2 Å². The molecular weight excluding hydrogens is 462 g/mol. The molecule has 0 saturated carbocycles. The number of ether oxygens (including phenoxy) is 3. The summed E-state index contributed by atoms with van der Waals surface area (Å²) in [7, 11) is 0. The topological polar surface area (TPSA) is 122 Å². The molecule has 1 aromatic heterocycles. The second-order valence-electron chi connectivity index (χ2n) is 7.19. The number of esters is 1. The molecule has 2 aromatic carbocycles. The lowest BCUT2D eigenvalue weighted by atomic mass is 10.2. The van der Waals surface area contributed by atoms with Crippen LogP contribution in [-0.2, 0) is 20.9 Å². The van der Waals surface area contributed by atoms with Crippen molar-refractivity contribution in [3.8, 4) is 11.5 Å². The van der Waals surface area contributed by atoms with Gasteiger partial charge in [-0.3, -0.25) is 19.7 Å². The molecule has 0 unspecified atom stereocenters. The molecule has 0 radical (unpaired) electrons. The van der Waals surface area contributed by atoms with Crippen LogP contribution in [-0.4, -0.2) is 41.2 Å². The number of thiazole rings is 1. The average Bonchev–Trinajstić information content (AvgIpc) is 3.15. The summed E-state index contributed by atoms with van der Waals surface area (Å²) in [5, 5.41) is 10.9. The Morgan fingerprint density at radius 1 is 1.24 bits per heavy atom. The number of rotatable bonds is 7. The summed E-state index contributed by atoms with van der Waals surface area (Å²) in [4.78, 5) is 39.6. The van der Waals surface area contributed by atoms with E-state index in [1.165, 1.54) is 35.6 Å². The number of fused-ring (bicyclic) bond motifs is 2. The summed E-state index contributed by atoms with van der Waals surface area (Å²) in [5.41, 5.74) is 1.19. The number of hydrogen-bond donors (Lipinski definition) is 0. The van der Waals surface area contributed by atoms with Gasteiger partial charge < -0.3 is 18.8 Å². The van der Waals surface area contributed by atoms with Crippen LogP contribution in [0, 0.1) is 10.1 Å². The van der Waals surface area contributed by atoms with Crippen molar-refractivity contribution in [2.75, 3.05) is 19.8 Å². The van der Waals surface area contributed by atoms with Crippen molar-refractivity contribution in [2.24, 2.45) is 4.99 Å². The van der Waals surface area contributed by atoms with Crippen LogP contribution in [0.5, 0.6) is 11.5 Å². The number of nitro benzene ring substituents is 1. The van der Waals surface area contributed by atoms with E-state index in [1.54, 1.807) is 23.6 Å². The van der Waals surface area contributed by atoms with E-state index >= 15 is 0 Å². The van der Waals surface area contributed by atoms with Gasteiger partial charge in [-0.1, -0.05) is 23.5 Å². The van der Waals surface area contributed by atoms with Gasteiger partial charge in [-0.25, -0.2) is 0 Å². The second-order valence-corrected chi connectivity index (χ2v) is 8.20. The molecule has 1 amide bonds. The Morgan fingerprint density at radius 3 is 2.74 bits per heavy atom.